The molecule has 0 bridgehead atoms. The van der Waals surface area contributed by atoms with Gasteiger partial charge >= 0.3 is 0 Å². The number of rotatable bonds is 4. The highest BCUT2D eigenvalue weighted by Gasteiger charge is 2.33. The van der Waals surface area contributed by atoms with E-state index in [1.807, 2.05) is 0 Å². The van der Waals surface area contributed by atoms with Crippen molar-refractivity contribution >= 4 is 21.3 Å². The molecule has 0 amide bonds. The van der Waals surface area contributed by atoms with Gasteiger partial charge in [-0.1, -0.05) is 82.1 Å². The van der Waals surface area contributed by atoms with Crippen LogP contribution in [0.5, 0.6) is 0 Å². The Bertz CT molecular complexity index is 445. The van der Waals surface area contributed by atoms with E-state index in [0.717, 1.165) is 0 Å². The predicted molar refractivity (Wildman–Crippen MR) is 95.3 cm³/mol. The molecule has 0 aliphatic carbocycles. The molecule has 1 rings (SSSR count). The third-order valence-electron chi connectivity index (χ3n) is 3.68. The molecule has 0 saturated carbocycles. The molecule has 1 aromatic carbocycles. The largest absolute Gasteiger partial charge is 0.0779 e. The van der Waals surface area contributed by atoms with Crippen LogP contribution in [0.3, 0.4) is 0 Å². The van der Waals surface area contributed by atoms with E-state index >= 15 is 0 Å². The molecular weight excluding hydrogens is 260 g/mol. The van der Waals surface area contributed by atoms with E-state index in [0.29, 0.717) is 5.41 Å². The minimum atomic E-state index is -1.27. The minimum Gasteiger partial charge on any atom is -0.0695 e. The lowest BCUT2D eigenvalue weighted by Crippen LogP contribution is -2.45. The van der Waals surface area contributed by atoms with Gasteiger partial charge in [-0.15, -0.1) is 0 Å². The van der Waals surface area contributed by atoms with Gasteiger partial charge in [0.25, 0.3) is 0 Å². The van der Waals surface area contributed by atoms with Crippen molar-refractivity contribution < 1.29 is 0 Å². The molecule has 0 aliphatic rings. The molecule has 0 saturated heterocycles. The Morgan fingerprint density at radius 3 is 1.89 bits per heavy atom. The second-order valence-electron chi connectivity index (χ2n) is 8.92. The predicted octanol–water partition coefficient (Wildman–Crippen LogP) is 5.16. The summed E-state index contributed by atoms with van der Waals surface area (Å²) in [6.07, 6.45) is 0. The molecule has 1 aromatic rings. The average Bonchev–Trinajstić information content (AvgIpc) is 2.11. The summed E-state index contributed by atoms with van der Waals surface area (Å²) >= 11 is 0. The van der Waals surface area contributed by atoms with Crippen molar-refractivity contribution in [3.8, 4) is 0 Å². The van der Waals surface area contributed by atoms with E-state index in [4.69, 9.17) is 0 Å². The van der Waals surface area contributed by atoms with Crippen LogP contribution in [-0.2, 0) is 5.41 Å². The summed E-state index contributed by atoms with van der Waals surface area (Å²) in [5.74, 6) is 0. The first-order chi connectivity index (χ1) is 8.33. The number of hydrogen-bond donors (Lipinski definition) is 0. The van der Waals surface area contributed by atoms with Crippen LogP contribution in [0.15, 0.2) is 18.2 Å². The maximum absolute atomic E-state index is 2.48. The maximum atomic E-state index is 2.48. The monoisotopic (exact) mass is 292 g/mol. The molecule has 19 heavy (non-hydrogen) atoms. The highest BCUT2D eigenvalue weighted by atomic mass is 28.3. The summed E-state index contributed by atoms with van der Waals surface area (Å²) in [5, 5.41) is 1.65. The van der Waals surface area contributed by atoms with Crippen LogP contribution in [0.2, 0.25) is 45.3 Å². The first kappa shape index (κ1) is 16.7. The summed E-state index contributed by atoms with van der Waals surface area (Å²) in [7, 11) is -2.33. The number of benzene rings is 1. The Morgan fingerprint density at radius 1 is 0.947 bits per heavy atom. The molecule has 108 valence electrons. The summed E-state index contributed by atoms with van der Waals surface area (Å²) in [6, 6.07) is 8.51. The first-order valence-corrected chi connectivity index (χ1v) is 14.7. The Kier molecular flexibility index (Phi) is 4.58. The molecule has 0 aliphatic heterocycles. The highest BCUT2D eigenvalue weighted by molar-refractivity contribution is 6.89. The van der Waals surface area contributed by atoms with Crippen molar-refractivity contribution in [2.75, 3.05) is 0 Å². The zero-order valence-electron chi connectivity index (χ0n) is 14.4. The SMILES string of the molecule is Cc1ccc([Si](C)(C)C)c(C(C)(C)C[Si](C)(C)C)c1. The fraction of sp³-hybridized carbons (Fsp3) is 0.647. The summed E-state index contributed by atoms with van der Waals surface area (Å²) in [5.41, 5.74) is 3.33. The molecule has 0 unspecified atom stereocenters. The number of hydrogen-bond acceptors (Lipinski definition) is 0. The van der Waals surface area contributed by atoms with Gasteiger partial charge in [0.2, 0.25) is 0 Å². The molecule has 2 heteroatoms. The maximum Gasteiger partial charge on any atom is 0.0779 e. The van der Waals surface area contributed by atoms with E-state index in [2.05, 4.69) is 78.3 Å². The Morgan fingerprint density at radius 2 is 1.47 bits per heavy atom. The van der Waals surface area contributed by atoms with Crippen LogP contribution in [0.4, 0.5) is 0 Å². The second-order valence-corrected chi connectivity index (χ2v) is 19.4. The van der Waals surface area contributed by atoms with Gasteiger partial charge in [-0.05, 0) is 23.9 Å². The molecule has 0 radical (unpaired) electrons. The average molecular weight is 293 g/mol. The Balaban J connectivity index is 3.36. The lowest BCUT2D eigenvalue weighted by Gasteiger charge is -2.36. The van der Waals surface area contributed by atoms with Crippen LogP contribution in [0, 0.1) is 6.92 Å². The van der Waals surface area contributed by atoms with E-state index < -0.39 is 16.1 Å². The van der Waals surface area contributed by atoms with Gasteiger partial charge in [-0.3, -0.25) is 0 Å². The van der Waals surface area contributed by atoms with Crippen molar-refractivity contribution in [3.63, 3.8) is 0 Å². The normalized spacial score (nSPS) is 13.7. The van der Waals surface area contributed by atoms with E-state index in [1.54, 1.807) is 10.8 Å². The van der Waals surface area contributed by atoms with Crippen LogP contribution >= 0.6 is 0 Å². The third kappa shape index (κ3) is 4.60. The van der Waals surface area contributed by atoms with Gasteiger partial charge in [-0.25, -0.2) is 0 Å². The van der Waals surface area contributed by atoms with Crippen LogP contribution < -0.4 is 5.19 Å². The van der Waals surface area contributed by atoms with Crippen LogP contribution in [-0.4, -0.2) is 16.1 Å². The van der Waals surface area contributed by atoms with Crippen molar-refractivity contribution in [1.82, 2.24) is 0 Å². The molecule has 0 aromatic heterocycles. The van der Waals surface area contributed by atoms with Crippen molar-refractivity contribution in [2.45, 2.75) is 71.5 Å². The van der Waals surface area contributed by atoms with Crippen molar-refractivity contribution in [2.24, 2.45) is 0 Å². The van der Waals surface area contributed by atoms with Gasteiger partial charge in [0.1, 0.15) is 0 Å². The zero-order chi connectivity index (χ0) is 15.1. The fourth-order valence-corrected chi connectivity index (χ4v) is 7.94. The topological polar surface area (TPSA) is 0 Å². The second kappa shape index (κ2) is 5.21. The molecule has 0 N–H and O–H groups in total. The lowest BCUT2D eigenvalue weighted by atomic mass is 9.86. The molecule has 0 spiro atoms. The third-order valence-corrected chi connectivity index (χ3v) is 7.68. The summed E-state index contributed by atoms with van der Waals surface area (Å²) < 4.78 is 0. The molecule has 0 fully saturated rings. The molecular formula is C17H32Si2. The lowest BCUT2D eigenvalue weighted by molar-refractivity contribution is 0.582. The minimum absolute atomic E-state index is 0.312. The number of aryl methyl sites for hydroxylation is 1. The van der Waals surface area contributed by atoms with Crippen LogP contribution in [0.1, 0.15) is 25.0 Å². The fourth-order valence-electron chi connectivity index (χ4n) is 3.29. The van der Waals surface area contributed by atoms with Gasteiger partial charge in [0.05, 0.1) is 8.07 Å². The quantitative estimate of drug-likeness (QED) is 0.673. The van der Waals surface area contributed by atoms with Crippen LogP contribution in [0.25, 0.3) is 0 Å². The standard InChI is InChI=1S/C17H32Si2/c1-14-10-11-16(19(7,8)9)15(12-14)17(2,3)13-18(4,5)6/h10-12H,13H2,1-9H3. The van der Waals surface area contributed by atoms with Crippen molar-refractivity contribution in [3.05, 3.63) is 29.3 Å². The molecule has 0 nitrogen and oxygen atoms in total. The van der Waals surface area contributed by atoms with E-state index in [-0.39, 0.29) is 0 Å². The summed E-state index contributed by atoms with van der Waals surface area (Å²) in [6.45, 7) is 22.0. The molecule has 0 atom stereocenters. The Hall–Kier alpha value is -0.346. The van der Waals surface area contributed by atoms with E-state index in [1.165, 1.54) is 11.6 Å². The first-order valence-electron chi connectivity index (χ1n) is 7.45. The summed E-state index contributed by atoms with van der Waals surface area (Å²) in [4.78, 5) is 0. The van der Waals surface area contributed by atoms with Gasteiger partial charge < -0.3 is 0 Å². The highest BCUT2D eigenvalue weighted by Crippen LogP contribution is 2.33. The smallest absolute Gasteiger partial charge is 0.0695 e. The Labute approximate surface area is 122 Å². The van der Waals surface area contributed by atoms with E-state index in [9.17, 15) is 0 Å². The van der Waals surface area contributed by atoms with Gasteiger partial charge in [0, 0.05) is 8.07 Å². The van der Waals surface area contributed by atoms with Gasteiger partial charge in [-0.2, -0.15) is 0 Å². The molecule has 0 heterocycles. The zero-order valence-corrected chi connectivity index (χ0v) is 16.4. The van der Waals surface area contributed by atoms with Gasteiger partial charge in [0.15, 0.2) is 0 Å². The van der Waals surface area contributed by atoms with Crippen molar-refractivity contribution in [1.29, 1.82) is 0 Å².